The average molecular weight is 265 g/mol. The first-order chi connectivity index (χ1) is 9.02. The van der Waals surface area contributed by atoms with Gasteiger partial charge >= 0.3 is 12.0 Å². The molecule has 0 fully saturated rings. The molecule has 0 saturated carbocycles. The predicted molar refractivity (Wildman–Crippen MR) is 70.7 cm³/mol. The minimum Gasteiger partial charge on any atom is -0.481 e. The smallest absolute Gasteiger partial charge is 0.315 e. The Labute approximate surface area is 112 Å². The molecule has 0 saturated heterocycles. The normalized spacial score (nSPS) is 11.7. The van der Waals surface area contributed by atoms with Gasteiger partial charge in [-0.05, 0) is 30.5 Å². The molecular weight excluding hydrogens is 246 g/mol. The maximum Gasteiger partial charge on any atom is 0.315 e. The molecule has 0 radical (unpaired) electrons. The Morgan fingerprint density at radius 1 is 1.47 bits per heavy atom. The third kappa shape index (κ3) is 5.37. The Balaban J connectivity index is 2.43. The van der Waals surface area contributed by atoms with Crippen molar-refractivity contribution < 1.29 is 14.7 Å². The third-order valence-electron chi connectivity index (χ3n) is 2.84. The van der Waals surface area contributed by atoms with Crippen LogP contribution in [0.25, 0.3) is 0 Å². The summed E-state index contributed by atoms with van der Waals surface area (Å²) in [5.41, 5.74) is 1.98. The lowest BCUT2D eigenvalue weighted by atomic mass is 10.1. The summed E-state index contributed by atoms with van der Waals surface area (Å²) in [5.74, 6) is -0.921. The van der Waals surface area contributed by atoms with E-state index in [0.717, 1.165) is 11.1 Å². The monoisotopic (exact) mass is 265 g/mol. The fourth-order valence-corrected chi connectivity index (χ4v) is 1.60. The van der Waals surface area contributed by atoms with Gasteiger partial charge in [0.15, 0.2) is 0 Å². The number of hydrogen-bond acceptors (Lipinski definition) is 3. The van der Waals surface area contributed by atoms with Crippen LogP contribution in [0.5, 0.6) is 0 Å². The second kappa shape index (κ2) is 7.35. The number of carboxylic acids is 1. The zero-order chi connectivity index (χ0) is 14.3. The first kappa shape index (κ1) is 14.9. The highest BCUT2D eigenvalue weighted by molar-refractivity contribution is 5.75. The fraction of sp³-hybridized carbons (Fsp3) is 0.462. The lowest BCUT2D eigenvalue weighted by molar-refractivity contribution is -0.137. The first-order valence-electron chi connectivity index (χ1n) is 6.18. The van der Waals surface area contributed by atoms with E-state index in [1.807, 2.05) is 19.9 Å². The molecule has 0 aromatic carbocycles. The van der Waals surface area contributed by atoms with Crippen LogP contribution in [0.2, 0.25) is 0 Å². The van der Waals surface area contributed by atoms with Crippen LogP contribution >= 0.6 is 0 Å². The number of amides is 2. The van der Waals surface area contributed by atoms with Gasteiger partial charge in [0.1, 0.15) is 0 Å². The lowest BCUT2D eigenvalue weighted by Gasteiger charge is -2.15. The zero-order valence-corrected chi connectivity index (χ0v) is 11.1. The van der Waals surface area contributed by atoms with Crippen LogP contribution in [0.1, 0.15) is 30.9 Å². The second-order valence-electron chi connectivity index (χ2n) is 4.33. The van der Waals surface area contributed by atoms with Crippen molar-refractivity contribution in [3.05, 3.63) is 29.6 Å². The van der Waals surface area contributed by atoms with Crippen LogP contribution in [0.4, 0.5) is 4.79 Å². The number of carboxylic acid groups (broad SMARTS) is 1. The van der Waals surface area contributed by atoms with Crippen molar-refractivity contribution in [2.45, 2.75) is 39.3 Å². The van der Waals surface area contributed by atoms with E-state index >= 15 is 0 Å². The van der Waals surface area contributed by atoms with Gasteiger partial charge in [-0.1, -0.05) is 6.92 Å². The van der Waals surface area contributed by atoms with Crippen molar-refractivity contribution in [3.8, 4) is 0 Å². The van der Waals surface area contributed by atoms with Crippen molar-refractivity contribution in [1.29, 1.82) is 0 Å². The standard InChI is InChI=1S/C13H19N3O3/c1-3-11(6-12(17)18)16-13(19)15-8-10-7-14-5-4-9(10)2/h4-5,7,11H,3,6,8H2,1-2H3,(H,17,18)(H2,15,16,19). The van der Waals surface area contributed by atoms with E-state index < -0.39 is 5.97 Å². The number of aliphatic carboxylic acids is 1. The molecule has 19 heavy (non-hydrogen) atoms. The van der Waals surface area contributed by atoms with Gasteiger partial charge in [-0.15, -0.1) is 0 Å². The Hall–Kier alpha value is -2.11. The van der Waals surface area contributed by atoms with Crippen LogP contribution in [0, 0.1) is 6.92 Å². The molecule has 0 aliphatic rings. The van der Waals surface area contributed by atoms with E-state index in [4.69, 9.17) is 5.11 Å². The Morgan fingerprint density at radius 2 is 2.21 bits per heavy atom. The highest BCUT2D eigenvalue weighted by Crippen LogP contribution is 2.04. The highest BCUT2D eigenvalue weighted by Gasteiger charge is 2.13. The fourth-order valence-electron chi connectivity index (χ4n) is 1.60. The molecule has 1 atom stereocenters. The lowest BCUT2D eigenvalue weighted by Crippen LogP contribution is -2.42. The van der Waals surface area contributed by atoms with E-state index in [0.29, 0.717) is 13.0 Å². The molecule has 1 rings (SSSR count). The quantitative estimate of drug-likeness (QED) is 0.726. The summed E-state index contributed by atoms with van der Waals surface area (Å²) in [7, 11) is 0. The summed E-state index contributed by atoms with van der Waals surface area (Å²) in [6, 6.07) is 1.15. The molecule has 104 valence electrons. The average Bonchev–Trinajstić information content (AvgIpc) is 2.36. The molecule has 6 nitrogen and oxygen atoms in total. The minimum absolute atomic E-state index is 0.0736. The minimum atomic E-state index is -0.921. The van der Waals surface area contributed by atoms with Crippen molar-refractivity contribution in [2.24, 2.45) is 0 Å². The van der Waals surface area contributed by atoms with Crippen LogP contribution in [0.15, 0.2) is 18.5 Å². The van der Waals surface area contributed by atoms with Crippen LogP contribution in [0.3, 0.4) is 0 Å². The van der Waals surface area contributed by atoms with E-state index in [9.17, 15) is 9.59 Å². The number of urea groups is 1. The molecule has 0 aliphatic carbocycles. The zero-order valence-electron chi connectivity index (χ0n) is 11.1. The van der Waals surface area contributed by atoms with Gasteiger partial charge in [-0.25, -0.2) is 4.79 Å². The molecule has 1 aromatic heterocycles. The van der Waals surface area contributed by atoms with Crippen LogP contribution in [-0.2, 0) is 11.3 Å². The molecule has 0 spiro atoms. The Bertz CT molecular complexity index is 449. The largest absolute Gasteiger partial charge is 0.481 e. The van der Waals surface area contributed by atoms with Gasteiger partial charge in [0.05, 0.1) is 6.42 Å². The predicted octanol–water partition coefficient (Wildman–Crippen LogP) is 1.44. The molecule has 3 N–H and O–H groups in total. The molecule has 1 unspecified atom stereocenters. The van der Waals surface area contributed by atoms with E-state index in [2.05, 4.69) is 15.6 Å². The van der Waals surface area contributed by atoms with Crippen molar-refractivity contribution >= 4 is 12.0 Å². The number of pyridine rings is 1. The van der Waals surface area contributed by atoms with Gasteiger partial charge in [0.25, 0.3) is 0 Å². The summed E-state index contributed by atoms with van der Waals surface area (Å²) in [4.78, 5) is 26.2. The van der Waals surface area contributed by atoms with Crippen molar-refractivity contribution in [3.63, 3.8) is 0 Å². The highest BCUT2D eigenvalue weighted by atomic mass is 16.4. The van der Waals surface area contributed by atoms with E-state index in [1.54, 1.807) is 12.4 Å². The van der Waals surface area contributed by atoms with Crippen molar-refractivity contribution in [2.75, 3.05) is 0 Å². The number of nitrogens with zero attached hydrogens (tertiary/aromatic N) is 1. The maximum atomic E-state index is 11.6. The Morgan fingerprint density at radius 3 is 2.79 bits per heavy atom. The number of aromatic nitrogens is 1. The SMILES string of the molecule is CCC(CC(=O)O)NC(=O)NCc1cnccc1C. The van der Waals surface area contributed by atoms with Gasteiger partial charge in [-0.2, -0.15) is 0 Å². The number of aryl methyl sites for hydroxylation is 1. The number of carbonyl (C=O) groups is 2. The summed E-state index contributed by atoms with van der Waals surface area (Å²) in [6.07, 6.45) is 3.89. The molecular formula is C13H19N3O3. The summed E-state index contributed by atoms with van der Waals surface area (Å²) in [6.45, 7) is 4.14. The van der Waals surface area contributed by atoms with Crippen LogP contribution in [-0.4, -0.2) is 28.1 Å². The molecule has 1 aromatic rings. The molecule has 0 aliphatic heterocycles. The molecule has 2 amide bonds. The number of hydrogen-bond donors (Lipinski definition) is 3. The van der Waals surface area contributed by atoms with Gasteiger partial charge < -0.3 is 15.7 Å². The number of rotatable bonds is 6. The second-order valence-corrected chi connectivity index (χ2v) is 4.33. The number of carbonyl (C=O) groups excluding carboxylic acids is 1. The van der Waals surface area contributed by atoms with Gasteiger partial charge in [0.2, 0.25) is 0 Å². The summed E-state index contributed by atoms with van der Waals surface area (Å²) < 4.78 is 0. The van der Waals surface area contributed by atoms with Crippen molar-refractivity contribution in [1.82, 2.24) is 15.6 Å². The first-order valence-corrected chi connectivity index (χ1v) is 6.18. The Kier molecular flexibility index (Phi) is 5.78. The molecule has 0 bridgehead atoms. The van der Waals surface area contributed by atoms with E-state index in [1.165, 1.54) is 0 Å². The maximum absolute atomic E-state index is 11.6. The third-order valence-corrected chi connectivity index (χ3v) is 2.84. The van der Waals surface area contributed by atoms with Gasteiger partial charge in [0, 0.05) is 25.0 Å². The topological polar surface area (TPSA) is 91.3 Å². The molecule has 6 heteroatoms. The summed E-state index contributed by atoms with van der Waals surface area (Å²) in [5, 5.41) is 14.0. The summed E-state index contributed by atoms with van der Waals surface area (Å²) >= 11 is 0. The van der Waals surface area contributed by atoms with E-state index in [-0.39, 0.29) is 18.5 Å². The molecule has 1 heterocycles. The number of nitrogens with one attached hydrogen (secondary N) is 2. The van der Waals surface area contributed by atoms with Gasteiger partial charge in [-0.3, -0.25) is 9.78 Å². The van der Waals surface area contributed by atoms with Crippen LogP contribution < -0.4 is 10.6 Å².